The van der Waals surface area contributed by atoms with Crippen molar-refractivity contribution >= 4 is 51.8 Å². The Labute approximate surface area is 393 Å². The van der Waals surface area contributed by atoms with Crippen molar-refractivity contribution in [2.24, 2.45) is 10.2 Å². The van der Waals surface area contributed by atoms with Gasteiger partial charge in [-0.1, -0.05) is 44.2 Å². The molecule has 1 aliphatic carbocycles. The number of carbonyl (C=O) groups is 2. The van der Waals surface area contributed by atoms with E-state index in [4.69, 9.17) is 14.2 Å². The molecule has 10 rings (SSSR count). The zero-order chi connectivity index (χ0) is 48.2. The fourth-order valence-electron chi connectivity index (χ4n) is 10.5. The third-order valence-corrected chi connectivity index (χ3v) is 14.2. The number of halogens is 2. The molecule has 2 fully saturated rings. The number of methoxy groups -OCH3 is 1. The van der Waals surface area contributed by atoms with Gasteiger partial charge in [-0.15, -0.1) is 0 Å². The van der Waals surface area contributed by atoms with Crippen molar-refractivity contribution in [3.05, 3.63) is 65.7 Å². The summed E-state index contributed by atoms with van der Waals surface area (Å²) >= 11 is 0. The first-order chi connectivity index (χ1) is 31.9. The highest BCUT2D eigenvalue weighted by Crippen LogP contribution is 2.49. The van der Waals surface area contributed by atoms with Crippen LogP contribution in [0.3, 0.4) is 0 Å². The number of nitrogens with one attached hydrogen (secondary N) is 2. The summed E-state index contributed by atoms with van der Waals surface area (Å²) in [6, 6.07) is 15.8. The fraction of sp³-hybridized carbons (Fsp3) is 0.520. The largest absolute Gasteiger partial charge is 0.483 e. The molecular weight excluding hydrogens is 859 g/mol. The van der Waals surface area contributed by atoms with Crippen LogP contribution in [0.4, 0.5) is 31.5 Å². The number of ether oxygens (including phenoxy) is 3. The normalized spacial score (nSPS) is 23.0. The predicted octanol–water partition coefficient (Wildman–Crippen LogP) is 6.76. The molecule has 0 bridgehead atoms. The molecule has 3 aromatic carbocycles. The molecule has 2 N–H and O–H groups in total. The first-order valence-corrected chi connectivity index (χ1v) is 23.3. The molecule has 6 aliphatic heterocycles. The van der Waals surface area contributed by atoms with Crippen LogP contribution in [0.25, 0.3) is 16.7 Å². The summed E-state index contributed by atoms with van der Waals surface area (Å²) in [5, 5.41) is 8.42. The lowest BCUT2D eigenvalue weighted by atomic mass is 9.86. The second-order valence-corrected chi connectivity index (χ2v) is 19.2. The average Bonchev–Trinajstić information content (AvgIpc) is 3.30. The topological polar surface area (TPSA) is 130 Å². The van der Waals surface area contributed by atoms with Crippen molar-refractivity contribution in [3.8, 4) is 22.6 Å². The maximum absolute atomic E-state index is 13.8. The Morgan fingerprint density at radius 2 is 1.24 bits per heavy atom. The molecule has 7 aliphatic rings. The van der Waals surface area contributed by atoms with Gasteiger partial charge in [-0.05, 0) is 89.2 Å². The van der Waals surface area contributed by atoms with Crippen LogP contribution in [0.15, 0.2) is 64.8 Å². The third kappa shape index (κ3) is 8.81. The van der Waals surface area contributed by atoms with Gasteiger partial charge in [-0.3, -0.25) is 9.59 Å². The van der Waals surface area contributed by atoms with Crippen molar-refractivity contribution in [3.63, 3.8) is 0 Å². The van der Waals surface area contributed by atoms with E-state index >= 15 is 0 Å². The highest BCUT2D eigenvalue weighted by Gasteiger charge is 2.45. The zero-order valence-corrected chi connectivity index (χ0v) is 40.8. The van der Waals surface area contributed by atoms with E-state index in [0.29, 0.717) is 37.1 Å². The molecule has 2 saturated heterocycles. The number of hydrogen-bond acceptors (Lipinski definition) is 13. The number of alkyl halides is 2. The number of allylic oxidation sites excluding steroid dienone is 2. The lowest BCUT2D eigenvalue weighted by Crippen LogP contribution is -2.66. The summed E-state index contributed by atoms with van der Waals surface area (Å²) in [7, 11) is 10.2. The maximum Gasteiger partial charge on any atom is 0.262 e. The number of hydrazone groups is 2. The fourth-order valence-corrected chi connectivity index (χ4v) is 10.5. The van der Waals surface area contributed by atoms with Crippen LogP contribution in [0.1, 0.15) is 71.9 Å². The van der Waals surface area contributed by atoms with E-state index in [0.717, 1.165) is 82.5 Å². The summed E-state index contributed by atoms with van der Waals surface area (Å²) in [6.07, 6.45) is 1.59. The van der Waals surface area contributed by atoms with E-state index in [1.807, 2.05) is 55.7 Å². The number of fused-ring (bicyclic) bond motifs is 6. The Balaban J connectivity index is 0.000000175. The van der Waals surface area contributed by atoms with Gasteiger partial charge < -0.3 is 43.6 Å². The van der Waals surface area contributed by atoms with Crippen LogP contribution in [0, 0.1) is 0 Å². The average molecular weight is 925 g/mol. The Kier molecular flexibility index (Phi) is 13.1. The molecule has 0 unspecified atom stereocenters. The van der Waals surface area contributed by atoms with E-state index in [1.54, 1.807) is 13.2 Å². The third-order valence-electron chi connectivity index (χ3n) is 14.2. The van der Waals surface area contributed by atoms with Gasteiger partial charge in [0.2, 0.25) is 0 Å². The first kappa shape index (κ1) is 47.7. The number of amidine groups is 2. The van der Waals surface area contributed by atoms with E-state index < -0.39 is 12.0 Å². The van der Waals surface area contributed by atoms with Crippen LogP contribution < -0.4 is 39.9 Å². The summed E-state index contributed by atoms with van der Waals surface area (Å²) < 4.78 is 45.3. The lowest BCUT2D eigenvalue weighted by molar-refractivity contribution is -0.123. The van der Waals surface area contributed by atoms with E-state index in [1.165, 1.54) is 0 Å². The van der Waals surface area contributed by atoms with Crippen molar-refractivity contribution in [2.75, 3.05) is 94.3 Å². The number of rotatable bonds is 8. The molecule has 3 aromatic rings. The number of anilines is 4. The van der Waals surface area contributed by atoms with E-state index in [9.17, 15) is 18.4 Å². The highest BCUT2D eigenvalue weighted by molar-refractivity contribution is 6.11. The van der Waals surface area contributed by atoms with Crippen molar-refractivity contribution in [2.45, 2.75) is 96.5 Å². The van der Waals surface area contributed by atoms with Gasteiger partial charge in [0.25, 0.3) is 17.7 Å². The first-order valence-electron chi connectivity index (χ1n) is 23.3. The number of likely N-dealkylation sites (tertiary alicyclic amines) is 2. The monoisotopic (exact) mass is 925 g/mol. The number of nitrogens with zero attached hydrogens (tertiary/aromatic N) is 8. The van der Waals surface area contributed by atoms with Gasteiger partial charge in [-0.2, -0.15) is 10.2 Å². The van der Waals surface area contributed by atoms with Gasteiger partial charge in [0, 0.05) is 82.7 Å². The van der Waals surface area contributed by atoms with Crippen LogP contribution in [0.2, 0.25) is 0 Å². The van der Waals surface area contributed by atoms with Crippen LogP contribution in [-0.2, 0) is 20.9 Å². The molecule has 0 radical (unpaired) electrons. The number of carbonyl (C=O) groups excluding carboxylic acids is 2. The Morgan fingerprint density at radius 3 is 1.70 bits per heavy atom. The quantitative estimate of drug-likeness (QED) is 0.249. The minimum absolute atomic E-state index is 0.00523. The molecule has 6 heterocycles. The summed E-state index contributed by atoms with van der Waals surface area (Å²) in [5.74, 6) is -0.181. The van der Waals surface area contributed by atoms with E-state index in [2.05, 4.69) is 113 Å². The summed E-state index contributed by atoms with van der Waals surface area (Å²) in [5.41, 5.74) is 14.0. The lowest BCUT2D eigenvalue weighted by Gasteiger charge is -2.53. The molecular formula is C50H66F2N10O5. The van der Waals surface area contributed by atoms with Crippen molar-refractivity contribution in [1.82, 2.24) is 20.7 Å². The molecule has 2 atom stereocenters. The Bertz CT molecular complexity index is 2500. The molecule has 17 heteroatoms. The zero-order valence-electron chi connectivity index (χ0n) is 40.8. The second-order valence-electron chi connectivity index (χ2n) is 19.2. The van der Waals surface area contributed by atoms with Crippen molar-refractivity contribution in [1.29, 1.82) is 0 Å². The molecule has 15 nitrogen and oxygen atoms in total. The molecule has 0 spiro atoms. The summed E-state index contributed by atoms with van der Waals surface area (Å²) in [4.78, 5) is 37.8. The molecule has 0 saturated carbocycles. The Morgan fingerprint density at radius 1 is 0.761 bits per heavy atom. The number of likely N-dealkylation sites (N-methyl/N-ethyl adjacent to an activating group) is 4. The predicted molar refractivity (Wildman–Crippen MR) is 262 cm³/mol. The van der Waals surface area contributed by atoms with Crippen LogP contribution in [0.5, 0.6) is 11.5 Å². The molecule has 67 heavy (non-hydrogen) atoms. The van der Waals surface area contributed by atoms with Crippen molar-refractivity contribution < 1.29 is 32.6 Å². The van der Waals surface area contributed by atoms with Crippen LogP contribution in [-0.4, -0.2) is 137 Å². The number of hydrogen-bond donors (Lipinski definition) is 2. The summed E-state index contributed by atoms with van der Waals surface area (Å²) in [6.45, 7) is 17.1. The standard InChI is InChI=1S/C25H31N5O3.C23H29F2N5O2.C2H6/c1-16-24(31)27-26-23-13-33-22-10-19(18-9-7-6-8-17(18)12-32-5)20(11-21(22)30(16)23)29(4)25(2)14-28(3)15-25;1-14-21(31)27-26-20-11-32-19-9-16(15-5-7-23(24,25)8-6-15)17(10-18(19)30(14)20)29(4)22(2)12-28(3)13-22;1-2/h6-11,16H,12-15H2,1-5H3,(H,27,31);5,9-10,14H,6-8,11-13H2,1-4H3,(H,27,31);1-2H3/t16-;14-;/m11./s1. The van der Waals surface area contributed by atoms with Gasteiger partial charge in [0.05, 0.1) is 29.1 Å². The van der Waals surface area contributed by atoms with Gasteiger partial charge in [0.15, 0.2) is 11.7 Å². The maximum atomic E-state index is 13.8. The number of benzene rings is 3. The SMILES string of the molecule is CC.COCc1ccccc1-c1cc2c(cc1N(C)C1(C)CN(C)C1)N1C(=NNC(=O)[C@H]1C)CO2.C[C@@H]1C(=O)NN=C2COc3cc(C4=CCC(F)(F)CC4)c(N(C)C4(C)CN(C)C4)cc3N21. The minimum Gasteiger partial charge on any atom is -0.483 e. The Hall–Kier alpha value is -5.78. The molecule has 360 valence electrons. The highest BCUT2D eigenvalue weighted by atomic mass is 19.3. The van der Waals surface area contributed by atoms with Gasteiger partial charge >= 0.3 is 0 Å². The van der Waals surface area contributed by atoms with E-state index in [-0.39, 0.29) is 48.4 Å². The minimum atomic E-state index is -2.65. The smallest absolute Gasteiger partial charge is 0.262 e. The molecule has 2 amide bonds. The number of amides is 2. The van der Waals surface area contributed by atoms with Crippen LogP contribution >= 0.6 is 0 Å². The van der Waals surface area contributed by atoms with Gasteiger partial charge in [-0.25, -0.2) is 19.6 Å². The van der Waals surface area contributed by atoms with Gasteiger partial charge in [0.1, 0.15) is 36.8 Å². The molecule has 0 aromatic heterocycles. The second kappa shape index (κ2) is 18.4.